The van der Waals surface area contributed by atoms with Crippen LogP contribution in [0, 0.1) is 5.82 Å². The molecule has 4 rings (SSSR count). The predicted octanol–water partition coefficient (Wildman–Crippen LogP) is 4.81. The molecule has 6 heteroatoms. The number of halogens is 2. The maximum atomic E-state index is 14.4. The normalized spacial score (nSPS) is 13.8. The van der Waals surface area contributed by atoms with Gasteiger partial charge in [0.15, 0.2) is 0 Å². The van der Waals surface area contributed by atoms with E-state index in [4.69, 9.17) is 11.6 Å². The summed E-state index contributed by atoms with van der Waals surface area (Å²) in [6, 6.07) is 12.7. The Morgan fingerprint density at radius 3 is 2.50 bits per heavy atom. The zero-order valence-corrected chi connectivity index (χ0v) is 15.7. The summed E-state index contributed by atoms with van der Waals surface area (Å²) in [4.78, 5) is 0.153. The van der Waals surface area contributed by atoms with Crippen molar-refractivity contribution in [3.8, 4) is 11.3 Å². The van der Waals surface area contributed by atoms with Crippen molar-refractivity contribution in [1.82, 2.24) is 4.57 Å². The van der Waals surface area contributed by atoms with Crippen LogP contribution in [0.3, 0.4) is 0 Å². The summed E-state index contributed by atoms with van der Waals surface area (Å²) in [6.45, 7) is 0. The third-order valence-corrected chi connectivity index (χ3v) is 7.03. The Balaban J connectivity index is 2.00. The molecule has 0 unspecified atom stereocenters. The van der Waals surface area contributed by atoms with Gasteiger partial charge in [0.25, 0.3) is 0 Å². The van der Waals surface area contributed by atoms with Crippen LogP contribution in [0.25, 0.3) is 11.3 Å². The van der Waals surface area contributed by atoms with Gasteiger partial charge in [0, 0.05) is 17.6 Å². The lowest BCUT2D eigenvalue weighted by atomic mass is 10.1. The summed E-state index contributed by atoms with van der Waals surface area (Å²) in [5.41, 5.74) is 2.81. The van der Waals surface area contributed by atoms with Crippen LogP contribution in [0.5, 0.6) is 0 Å². The second-order valence-corrected chi connectivity index (χ2v) is 8.77. The Morgan fingerprint density at radius 1 is 1.04 bits per heavy atom. The zero-order chi connectivity index (χ0) is 18.5. The highest BCUT2D eigenvalue weighted by atomic mass is 35.5. The third-order valence-electron chi connectivity index (χ3n) is 4.89. The average molecular weight is 390 g/mol. The lowest BCUT2D eigenvalue weighted by Gasteiger charge is -2.12. The minimum atomic E-state index is -3.76. The molecule has 26 heavy (non-hydrogen) atoms. The van der Waals surface area contributed by atoms with Crippen molar-refractivity contribution >= 4 is 21.4 Å². The van der Waals surface area contributed by atoms with Gasteiger partial charge in [0.05, 0.1) is 10.6 Å². The number of benzene rings is 2. The molecule has 1 aromatic heterocycles. The van der Waals surface area contributed by atoms with Gasteiger partial charge in [-0.3, -0.25) is 0 Å². The van der Waals surface area contributed by atoms with Crippen molar-refractivity contribution in [1.29, 1.82) is 0 Å². The van der Waals surface area contributed by atoms with Gasteiger partial charge in [-0.1, -0.05) is 29.8 Å². The molecule has 1 heterocycles. The highest BCUT2D eigenvalue weighted by Gasteiger charge is 2.33. The fourth-order valence-corrected chi connectivity index (χ4v) is 5.85. The van der Waals surface area contributed by atoms with Crippen molar-refractivity contribution in [2.75, 3.05) is 0 Å². The molecular weight excluding hydrogens is 373 g/mol. The molecule has 0 atom stereocenters. The summed E-state index contributed by atoms with van der Waals surface area (Å²) in [6.07, 6.45) is 2.29. The minimum absolute atomic E-state index is 0.153. The Labute approximate surface area is 157 Å². The van der Waals surface area contributed by atoms with Crippen molar-refractivity contribution in [2.24, 2.45) is 7.05 Å². The maximum Gasteiger partial charge on any atom is 0.222 e. The smallest absolute Gasteiger partial charge is 0.222 e. The molecule has 0 radical (unpaired) electrons. The SMILES string of the molecule is Cn1c(-c2ccccc2F)c2c(c1S(=O)(=O)c1cccc(Cl)c1)CCC2. The van der Waals surface area contributed by atoms with Crippen LogP contribution in [0.4, 0.5) is 4.39 Å². The first-order chi connectivity index (χ1) is 12.4. The summed E-state index contributed by atoms with van der Waals surface area (Å²) in [5, 5.41) is 0.608. The van der Waals surface area contributed by atoms with E-state index in [2.05, 4.69) is 0 Å². The maximum absolute atomic E-state index is 14.4. The molecule has 0 N–H and O–H groups in total. The van der Waals surface area contributed by atoms with E-state index < -0.39 is 9.84 Å². The van der Waals surface area contributed by atoms with Gasteiger partial charge in [-0.25, -0.2) is 12.8 Å². The van der Waals surface area contributed by atoms with Gasteiger partial charge < -0.3 is 4.57 Å². The van der Waals surface area contributed by atoms with E-state index in [1.165, 1.54) is 12.1 Å². The largest absolute Gasteiger partial charge is 0.334 e. The van der Waals surface area contributed by atoms with E-state index in [-0.39, 0.29) is 15.7 Å². The third kappa shape index (κ3) is 2.58. The van der Waals surface area contributed by atoms with E-state index in [1.54, 1.807) is 48.0 Å². The first-order valence-electron chi connectivity index (χ1n) is 8.37. The van der Waals surface area contributed by atoms with Gasteiger partial charge in [0.2, 0.25) is 9.84 Å². The molecule has 1 aliphatic carbocycles. The quantitative estimate of drug-likeness (QED) is 0.645. The highest BCUT2D eigenvalue weighted by molar-refractivity contribution is 7.91. The number of aromatic nitrogens is 1. The fraction of sp³-hybridized carbons (Fsp3) is 0.200. The van der Waals surface area contributed by atoms with E-state index in [0.29, 0.717) is 22.7 Å². The van der Waals surface area contributed by atoms with E-state index in [9.17, 15) is 12.8 Å². The predicted molar refractivity (Wildman–Crippen MR) is 99.7 cm³/mol. The van der Waals surface area contributed by atoms with Gasteiger partial charge in [0.1, 0.15) is 10.8 Å². The lowest BCUT2D eigenvalue weighted by molar-refractivity contribution is 0.583. The van der Waals surface area contributed by atoms with Crippen molar-refractivity contribution < 1.29 is 12.8 Å². The molecule has 0 saturated carbocycles. The molecule has 0 fully saturated rings. The Bertz CT molecular complexity index is 1120. The first-order valence-corrected chi connectivity index (χ1v) is 10.2. The van der Waals surface area contributed by atoms with Gasteiger partial charge in [-0.05, 0) is 60.7 Å². The first kappa shape index (κ1) is 17.3. The number of hydrogen-bond acceptors (Lipinski definition) is 2. The average Bonchev–Trinajstić information content (AvgIpc) is 3.15. The summed E-state index contributed by atoms with van der Waals surface area (Å²) < 4.78 is 42.7. The van der Waals surface area contributed by atoms with Crippen LogP contribution < -0.4 is 0 Å². The van der Waals surface area contributed by atoms with Crippen LogP contribution in [0.15, 0.2) is 58.5 Å². The van der Waals surface area contributed by atoms with Gasteiger partial charge >= 0.3 is 0 Å². The minimum Gasteiger partial charge on any atom is -0.334 e. The van der Waals surface area contributed by atoms with Crippen molar-refractivity contribution in [2.45, 2.75) is 29.2 Å². The zero-order valence-electron chi connectivity index (χ0n) is 14.2. The standard InChI is InChI=1S/C20H17ClFNO2S/c1-23-19(17-8-2-3-11-18(17)22)15-9-5-10-16(15)20(23)26(24,25)14-7-4-6-13(21)12-14/h2-4,6-8,11-12H,5,9-10H2,1H3. The number of sulfone groups is 1. The number of hydrogen-bond donors (Lipinski definition) is 0. The molecule has 3 nitrogen and oxygen atoms in total. The van der Waals surface area contributed by atoms with Crippen LogP contribution in [-0.2, 0) is 29.7 Å². The number of rotatable bonds is 3. The van der Waals surface area contributed by atoms with Crippen LogP contribution in [-0.4, -0.2) is 13.0 Å². The van der Waals surface area contributed by atoms with E-state index >= 15 is 0 Å². The summed E-state index contributed by atoms with van der Waals surface area (Å²) in [5.74, 6) is -0.352. The summed E-state index contributed by atoms with van der Waals surface area (Å²) in [7, 11) is -2.07. The Kier molecular flexibility index (Phi) is 4.16. The van der Waals surface area contributed by atoms with Crippen LogP contribution in [0.2, 0.25) is 5.02 Å². The lowest BCUT2D eigenvalue weighted by Crippen LogP contribution is -2.10. The number of fused-ring (bicyclic) bond motifs is 1. The highest BCUT2D eigenvalue weighted by Crippen LogP contribution is 2.41. The van der Waals surface area contributed by atoms with Crippen LogP contribution in [0.1, 0.15) is 17.5 Å². The topological polar surface area (TPSA) is 39.1 Å². The van der Waals surface area contributed by atoms with Gasteiger partial charge in [-0.2, -0.15) is 0 Å². The second-order valence-electron chi connectivity index (χ2n) is 6.46. The number of nitrogens with zero attached hydrogens (tertiary/aromatic N) is 1. The van der Waals surface area contributed by atoms with E-state index in [1.807, 2.05) is 0 Å². The molecule has 1 aliphatic rings. The molecule has 2 aromatic carbocycles. The molecule has 0 spiro atoms. The Hall–Kier alpha value is -2.11. The van der Waals surface area contributed by atoms with Crippen molar-refractivity contribution in [3.05, 3.63) is 70.5 Å². The molecule has 0 saturated heterocycles. The monoisotopic (exact) mass is 389 g/mol. The Morgan fingerprint density at radius 2 is 1.77 bits per heavy atom. The second kappa shape index (κ2) is 6.25. The molecule has 134 valence electrons. The van der Waals surface area contributed by atoms with Crippen LogP contribution >= 0.6 is 11.6 Å². The van der Waals surface area contributed by atoms with E-state index in [0.717, 1.165) is 24.0 Å². The fourth-order valence-electron chi connectivity index (χ4n) is 3.83. The molecule has 0 amide bonds. The molecule has 0 aliphatic heterocycles. The van der Waals surface area contributed by atoms with Gasteiger partial charge in [-0.15, -0.1) is 0 Å². The molecule has 0 bridgehead atoms. The summed E-state index contributed by atoms with van der Waals surface area (Å²) >= 11 is 6.00. The molecule has 3 aromatic rings. The van der Waals surface area contributed by atoms with Crippen molar-refractivity contribution in [3.63, 3.8) is 0 Å². The molecular formula is C20H17ClFNO2S.